The van der Waals surface area contributed by atoms with Gasteiger partial charge in [-0.05, 0) is 6.07 Å². The van der Waals surface area contributed by atoms with Crippen LogP contribution in [0.4, 0.5) is 0 Å². The molecule has 2 heterocycles. The lowest BCUT2D eigenvalue weighted by Crippen LogP contribution is -2.36. The van der Waals surface area contributed by atoms with E-state index in [4.69, 9.17) is 5.11 Å². The van der Waals surface area contributed by atoms with E-state index in [2.05, 4.69) is 9.97 Å². The number of carboxylic acid groups (broad SMARTS) is 1. The van der Waals surface area contributed by atoms with Gasteiger partial charge in [-0.2, -0.15) is 4.57 Å². The lowest BCUT2D eigenvalue weighted by molar-refractivity contribution is -0.685. The van der Waals surface area contributed by atoms with E-state index in [0.29, 0.717) is 5.82 Å². The molecule has 0 unspecified atom stereocenters. The summed E-state index contributed by atoms with van der Waals surface area (Å²) in [5, 5.41) is 8.61. The fraction of sp³-hybridized carbons (Fsp3) is 0.0909. The summed E-state index contributed by atoms with van der Waals surface area (Å²) >= 11 is 0. The highest BCUT2D eigenvalue weighted by Crippen LogP contribution is 2.10. The third-order valence-corrected chi connectivity index (χ3v) is 2.03. The van der Waals surface area contributed by atoms with Crippen molar-refractivity contribution in [2.45, 2.75) is 6.54 Å². The van der Waals surface area contributed by atoms with E-state index in [0.717, 1.165) is 5.56 Å². The number of carbonyl (C=O) groups is 1. The third-order valence-electron chi connectivity index (χ3n) is 2.03. The number of aromatic nitrogens is 3. The van der Waals surface area contributed by atoms with Crippen LogP contribution in [0.3, 0.4) is 0 Å². The molecule has 1 N–H and O–H groups in total. The van der Waals surface area contributed by atoms with Crippen LogP contribution >= 0.6 is 0 Å². The topological polar surface area (TPSA) is 67.0 Å². The molecule has 0 aliphatic heterocycles. The molecular formula is C11H10N3O2+. The second-order valence-electron chi connectivity index (χ2n) is 3.23. The summed E-state index contributed by atoms with van der Waals surface area (Å²) in [5.41, 5.74) is 0.863. The number of pyridine rings is 1. The van der Waals surface area contributed by atoms with E-state index in [1.807, 2.05) is 0 Å². The van der Waals surface area contributed by atoms with Gasteiger partial charge in [0.05, 0.1) is 0 Å². The van der Waals surface area contributed by atoms with Crippen molar-refractivity contribution in [3.05, 3.63) is 43.0 Å². The van der Waals surface area contributed by atoms with Gasteiger partial charge in [0.15, 0.2) is 18.2 Å². The maximum Gasteiger partial charge on any atom is 0.370 e. The van der Waals surface area contributed by atoms with E-state index < -0.39 is 5.97 Å². The molecule has 0 aliphatic carbocycles. The molecule has 5 heteroatoms. The molecule has 0 spiro atoms. The SMILES string of the molecule is O=C(O)C[n+]1ccc(-c2ncccn2)cc1. The molecular weight excluding hydrogens is 206 g/mol. The number of hydrogen-bond acceptors (Lipinski definition) is 3. The summed E-state index contributed by atoms with van der Waals surface area (Å²) in [7, 11) is 0. The van der Waals surface area contributed by atoms with Gasteiger partial charge in [-0.15, -0.1) is 0 Å². The molecule has 0 aliphatic rings. The lowest BCUT2D eigenvalue weighted by atomic mass is 10.2. The first-order valence-corrected chi connectivity index (χ1v) is 4.74. The predicted octanol–water partition coefficient (Wildman–Crippen LogP) is 0.516. The van der Waals surface area contributed by atoms with Crippen LogP contribution in [-0.4, -0.2) is 21.0 Å². The van der Waals surface area contributed by atoms with Gasteiger partial charge in [0.1, 0.15) is 0 Å². The fourth-order valence-corrected chi connectivity index (χ4v) is 1.32. The van der Waals surface area contributed by atoms with Crippen molar-refractivity contribution in [3.8, 4) is 11.4 Å². The third kappa shape index (κ3) is 2.38. The average molecular weight is 216 g/mol. The van der Waals surface area contributed by atoms with Crippen LogP contribution in [0.1, 0.15) is 0 Å². The lowest BCUT2D eigenvalue weighted by Gasteiger charge is -1.97. The molecule has 16 heavy (non-hydrogen) atoms. The Kier molecular flexibility index (Phi) is 2.86. The van der Waals surface area contributed by atoms with Crippen LogP contribution in [0.2, 0.25) is 0 Å². The minimum Gasteiger partial charge on any atom is -0.477 e. The summed E-state index contributed by atoms with van der Waals surface area (Å²) in [6, 6.07) is 5.33. The van der Waals surface area contributed by atoms with E-state index in [-0.39, 0.29) is 6.54 Å². The zero-order valence-corrected chi connectivity index (χ0v) is 8.45. The largest absolute Gasteiger partial charge is 0.477 e. The van der Waals surface area contributed by atoms with Gasteiger partial charge in [0.2, 0.25) is 6.54 Å². The minimum absolute atomic E-state index is 0.0457. The zero-order valence-electron chi connectivity index (χ0n) is 8.45. The number of aliphatic carboxylic acids is 1. The van der Waals surface area contributed by atoms with E-state index >= 15 is 0 Å². The monoisotopic (exact) mass is 216 g/mol. The standard InChI is InChI=1S/C11H9N3O2/c15-10(16)8-14-6-2-9(3-7-14)11-12-4-1-5-13-11/h1-7H,8H2/p+1. The van der Waals surface area contributed by atoms with Crippen molar-refractivity contribution in [1.82, 2.24) is 9.97 Å². The van der Waals surface area contributed by atoms with Gasteiger partial charge in [0, 0.05) is 30.1 Å². The molecule has 0 fully saturated rings. The van der Waals surface area contributed by atoms with Gasteiger partial charge >= 0.3 is 5.97 Å². The Morgan fingerprint density at radius 1 is 1.25 bits per heavy atom. The van der Waals surface area contributed by atoms with Gasteiger partial charge in [-0.25, -0.2) is 14.8 Å². The maximum absolute atomic E-state index is 10.5. The van der Waals surface area contributed by atoms with Crippen molar-refractivity contribution < 1.29 is 14.5 Å². The van der Waals surface area contributed by atoms with Gasteiger partial charge in [-0.3, -0.25) is 0 Å². The van der Waals surface area contributed by atoms with Gasteiger partial charge in [0.25, 0.3) is 0 Å². The molecule has 0 bridgehead atoms. The van der Waals surface area contributed by atoms with E-state index in [1.54, 1.807) is 47.6 Å². The number of carboxylic acids is 1. The van der Waals surface area contributed by atoms with Crippen molar-refractivity contribution in [1.29, 1.82) is 0 Å². The van der Waals surface area contributed by atoms with E-state index in [1.165, 1.54) is 0 Å². The Labute approximate surface area is 92.0 Å². The van der Waals surface area contributed by atoms with Gasteiger partial charge < -0.3 is 5.11 Å². The zero-order chi connectivity index (χ0) is 11.4. The van der Waals surface area contributed by atoms with Crippen molar-refractivity contribution in [2.24, 2.45) is 0 Å². The Balaban J connectivity index is 2.23. The van der Waals surface area contributed by atoms with E-state index in [9.17, 15) is 4.79 Å². The van der Waals surface area contributed by atoms with Crippen LogP contribution in [0.25, 0.3) is 11.4 Å². The first-order chi connectivity index (χ1) is 7.75. The number of rotatable bonds is 3. The predicted molar refractivity (Wildman–Crippen MR) is 55.3 cm³/mol. The van der Waals surface area contributed by atoms with Gasteiger partial charge in [-0.1, -0.05) is 0 Å². The van der Waals surface area contributed by atoms with Crippen molar-refractivity contribution >= 4 is 5.97 Å². The quantitative estimate of drug-likeness (QED) is 0.759. The summed E-state index contributed by atoms with van der Waals surface area (Å²) in [6.45, 7) is -0.0457. The fourth-order valence-electron chi connectivity index (χ4n) is 1.32. The normalized spacial score (nSPS) is 10.0. The summed E-state index contributed by atoms with van der Waals surface area (Å²) in [6.07, 6.45) is 6.72. The van der Waals surface area contributed by atoms with Crippen molar-refractivity contribution in [2.75, 3.05) is 0 Å². The molecule has 2 aromatic rings. The first kappa shape index (κ1) is 10.2. The van der Waals surface area contributed by atoms with Crippen LogP contribution in [0, 0.1) is 0 Å². The summed E-state index contributed by atoms with van der Waals surface area (Å²) in [4.78, 5) is 18.7. The molecule has 0 saturated heterocycles. The smallest absolute Gasteiger partial charge is 0.370 e. The molecule has 0 radical (unpaired) electrons. The molecule has 0 aromatic carbocycles. The number of hydrogen-bond donors (Lipinski definition) is 1. The molecule has 0 amide bonds. The molecule has 80 valence electrons. The summed E-state index contributed by atoms with van der Waals surface area (Å²) in [5.74, 6) is -0.237. The summed E-state index contributed by atoms with van der Waals surface area (Å²) < 4.78 is 1.58. The van der Waals surface area contributed by atoms with Crippen LogP contribution in [0.15, 0.2) is 43.0 Å². The Morgan fingerprint density at radius 3 is 2.44 bits per heavy atom. The maximum atomic E-state index is 10.5. The Hall–Kier alpha value is -2.30. The van der Waals surface area contributed by atoms with Crippen LogP contribution in [-0.2, 0) is 11.3 Å². The highest BCUT2D eigenvalue weighted by Gasteiger charge is 2.07. The second-order valence-corrected chi connectivity index (χ2v) is 3.23. The second kappa shape index (κ2) is 4.48. The molecule has 2 aromatic heterocycles. The van der Waals surface area contributed by atoms with Crippen LogP contribution < -0.4 is 4.57 Å². The minimum atomic E-state index is -0.867. The average Bonchev–Trinajstić information content (AvgIpc) is 2.30. The van der Waals surface area contributed by atoms with Crippen LogP contribution in [0.5, 0.6) is 0 Å². The first-order valence-electron chi connectivity index (χ1n) is 4.74. The Morgan fingerprint density at radius 2 is 1.88 bits per heavy atom. The molecule has 5 nitrogen and oxygen atoms in total. The highest BCUT2D eigenvalue weighted by molar-refractivity contribution is 5.64. The molecule has 0 saturated carbocycles. The number of nitrogens with zero attached hydrogens (tertiary/aromatic N) is 3. The molecule has 0 atom stereocenters. The Bertz CT molecular complexity index is 482. The molecule has 2 rings (SSSR count). The highest BCUT2D eigenvalue weighted by atomic mass is 16.4. The van der Waals surface area contributed by atoms with Crippen molar-refractivity contribution in [3.63, 3.8) is 0 Å².